The first-order chi connectivity index (χ1) is 8.15. The van der Waals surface area contributed by atoms with E-state index < -0.39 is 0 Å². The van der Waals surface area contributed by atoms with Crippen molar-refractivity contribution in [3.63, 3.8) is 0 Å². The molecule has 0 spiro atoms. The van der Waals surface area contributed by atoms with Gasteiger partial charge >= 0.3 is 0 Å². The van der Waals surface area contributed by atoms with Gasteiger partial charge in [-0.3, -0.25) is 0 Å². The lowest BCUT2D eigenvalue weighted by molar-refractivity contribution is 0.652. The van der Waals surface area contributed by atoms with Crippen LogP contribution in [0.2, 0.25) is 0 Å². The molecule has 0 saturated heterocycles. The lowest BCUT2D eigenvalue weighted by Crippen LogP contribution is -2.15. The van der Waals surface area contributed by atoms with Gasteiger partial charge in [-0.25, -0.2) is 4.98 Å². The van der Waals surface area contributed by atoms with Crippen LogP contribution in [0.1, 0.15) is 19.2 Å². The molecular formula is C13H16IN3. The van der Waals surface area contributed by atoms with Gasteiger partial charge in [0.05, 0.1) is 11.9 Å². The van der Waals surface area contributed by atoms with Crippen LogP contribution in [0, 0.1) is 3.57 Å². The molecule has 0 bridgehead atoms. The van der Waals surface area contributed by atoms with Crippen molar-refractivity contribution in [2.45, 2.75) is 25.8 Å². The Morgan fingerprint density at radius 2 is 2.06 bits per heavy atom. The van der Waals surface area contributed by atoms with Gasteiger partial charge in [0.2, 0.25) is 0 Å². The van der Waals surface area contributed by atoms with E-state index in [-0.39, 0.29) is 6.04 Å². The van der Waals surface area contributed by atoms with Gasteiger partial charge in [-0.2, -0.15) is 0 Å². The van der Waals surface area contributed by atoms with Crippen LogP contribution in [0.4, 0.5) is 0 Å². The van der Waals surface area contributed by atoms with Crippen molar-refractivity contribution in [1.29, 1.82) is 0 Å². The molecule has 1 aromatic heterocycles. The number of rotatable bonds is 4. The summed E-state index contributed by atoms with van der Waals surface area (Å²) >= 11 is 2.30. The summed E-state index contributed by atoms with van der Waals surface area (Å²) in [6, 6.07) is 8.62. The highest BCUT2D eigenvalue weighted by Gasteiger charge is 2.04. The molecule has 1 heterocycles. The second-order valence-corrected chi connectivity index (χ2v) is 5.51. The maximum absolute atomic E-state index is 5.73. The van der Waals surface area contributed by atoms with Crippen LogP contribution in [0.3, 0.4) is 0 Å². The molecule has 0 aliphatic heterocycles. The highest BCUT2D eigenvalue weighted by Crippen LogP contribution is 2.18. The molecule has 1 aromatic carbocycles. The number of nitrogens with zero attached hydrogens (tertiary/aromatic N) is 1. The molecule has 1 unspecified atom stereocenters. The fourth-order valence-corrected chi connectivity index (χ4v) is 1.99. The topological polar surface area (TPSA) is 54.7 Å². The van der Waals surface area contributed by atoms with Crippen LogP contribution in [0.25, 0.3) is 11.3 Å². The van der Waals surface area contributed by atoms with E-state index in [9.17, 15) is 0 Å². The standard InChI is InChI=1S/C13H16IN3/c1-9(15)2-7-13-16-8-12(17-13)10-3-5-11(14)6-4-10/h3-6,8-9H,2,7,15H2,1H3,(H,16,17). The molecule has 0 amide bonds. The minimum absolute atomic E-state index is 0.224. The molecule has 0 aliphatic rings. The van der Waals surface area contributed by atoms with Crippen molar-refractivity contribution in [1.82, 2.24) is 9.97 Å². The molecule has 3 N–H and O–H groups in total. The van der Waals surface area contributed by atoms with Crippen LogP contribution in [-0.4, -0.2) is 16.0 Å². The van der Waals surface area contributed by atoms with Crippen LogP contribution >= 0.6 is 22.6 Å². The van der Waals surface area contributed by atoms with E-state index in [1.165, 1.54) is 9.13 Å². The number of imidazole rings is 1. The zero-order chi connectivity index (χ0) is 12.3. The molecule has 3 nitrogen and oxygen atoms in total. The molecule has 2 aromatic rings. The van der Waals surface area contributed by atoms with Gasteiger partial charge in [-0.05, 0) is 53.6 Å². The van der Waals surface area contributed by atoms with Gasteiger partial charge in [0.1, 0.15) is 5.82 Å². The number of H-pyrrole nitrogens is 1. The van der Waals surface area contributed by atoms with Gasteiger partial charge in [0, 0.05) is 16.0 Å². The third kappa shape index (κ3) is 3.54. The SMILES string of the molecule is CC(N)CCc1ncc(-c2ccc(I)cc2)[nH]1. The Morgan fingerprint density at radius 1 is 1.35 bits per heavy atom. The van der Waals surface area contributed by atoms with E-state index in [1.807, 2.05) is 13.1 Å². The summed E-state index contributed by atoms with van der Waals surface area (Å²) in [7, 11) is 0. The zero-order valence-electron chi connectivity index (χ0n) is 9.78. The summed E-state index contributed by atoms with van der Waals surface area (Å²) in [4.78, 5) is 7.71. The van der Waals surface area contributed by atoms with Gasteiger partial charge in [0.25, 0.3) is 0 Å². The monoisotopic (exact) mass is 341 g/mol. The largest absolute Gasteiger partial charge is 0.342 e. The molecule has 90 valence electrons. The first-order valence-electron chi connectivity index (χ1n) is 5.70. The zero-order valence-corrected chi connectivity index (χ0v) is 11.9. The van der Waals surface area contributed by atoms with Crippen LogP contribution in [-0.2, 0) is 6.42 Å². The van der Waals surface area contributed by atoms with Gasteiger partial charge in [0.15, 0.2) is 0 Å². The number of hydrogen-bond acceptors (Lipinski definition) is 2. The minimum atomic E-state index is 0.224. The number of aromatic amines is 1. The lowest BCUT2D eigenvalue weighted by Gasteiger charge is -2.01. The molecule has 1 atom stereocenters. The molecule has 0 radical (unpaired) electrons. The van der Waals surface area contributed by atoms with Crippen molar-refractivity contribution >= 4 is 22.6 Å². The number of nitrogens with two attached hydrogens (primary N) is 1. The molecular weight excluding hydrogens is 325 g/mol. The summed E-state index contributed by atoms with van der Waals surface area (Å²) in [5, 5.41) is 0. The van der Waals surface area contributed by atoms with Crippen molar-refractivity contribution in [2.75, 3.05) is 0 Å². The molecule has 0 saturated carbocycles. The fourth-order valence-electron chi connectivity index (χ4n) is 1.63. The number of benzene rings is 1. The lowest BCUT2D eigenvalue weighted by atomic mass is 10.2. The normalized spacial score (nSPS) is 12.6. The summed E-state index contributed by atoms with van der Waals surface area (Å²) < 4.78 is 1.24. The Kier molecular flexibility index (Phi) is 4.17. The highest BCUT2D eigenvalue weighted by molar-refractivity contribution is 14.1. The molecule has 0 aliphatic carbocycles. The molecule has 17 heavy (non-hydrogen) atoms. The predicted molar refractivity (Wildman–Crippen MR) is 78.7 cm³/mol. The average molecular weight is 341 g/mol. The number of aromatic nitrogens is 2. The summed E-state index contributed by atoms with van der Waals surface area (Å²) in [5.41, 5.74) is 7.97. The predicted octanol–water partition coefficient (Wildman–Crippen LogP) is 2.96. The van der Waals surface area contributed by atoms with Crippen LogP contribution in [0.5, 0.6) is 0 Å². The minimum Gasteiger partial charge on any atom is -0.342 e. The molecule has 0 fully saturated rings. The Labute approximate surface area is 115 Å². The second-order valence-electron chi connectivity index (χ2n) is 4.27. The Bertz CT molecular complexity index is 474. The van der Waals surface area contributed by atoms with Gasteiger partial charge in [-0.15, -0.1) is 0 Å². The number of hydrogen-bond donors (Lipinski definition) is 2. The number of aryl methyl sites for hydroxylation is 1. The third-order valence-corrected chi connectivity index (χ3v) is 3.34. The first-order valence-corrected chi connectivity index (χ1v) is 6.78. The van der Waals surface area contributed by atoms with Crippen LogP contribution < -0.4 is 5.73 Å². The maximum atomic E-state index is 5.73. The van der Waals surface area contributed by atoms with E-state index in [2.05, 4.69) is 56.8 Å². The van der Waals surface area contributed by atoms with E-state index in [4.69, 9.17) is 5.73 Å². The quantitative estimate of drug-likeness (QED) is 0.840. The molecule has 4 heteroatoms. The van der Waals surface area contributed by atoms with E-state index >= 15 is 0 Å². The summed E-state index contributed by atoms with van der Waals surface area (Å²) in [6.45, 7) is 2.02. The molecule has 2 rings (SSSR count). The average Bonchev–Trinajstić information content (AvgIpc) is 2.76. The van der Waals surface area contributed by atoms with Crippen molar-refractivity contribution in [3.05, 3.63) is 39.9 Å². The smallest absolute Gasteiger partial charge is 0.106 e. The van der Waals surface area contributed by atoms with Crippen LogP contribution in [0.15, 0.2) is 30.5 Å². The summed E-state index contributed by atoms with van der Waals surface area (Å²) in [5.74, 6) is 1.01. The summed E-state index contributed by atoms with van der Waals surface area (Å²) in [6.07, 6.45) is 3.75. The van der Waals surface area contributed by atoms with Crippen molar-refractivity contribution < 1.29 is 0 Å². The highest BCUT2D eigenvalue weighted by atomic mass is 127. The Hall–Kier alpha value is -0.880. The Balaban J connectivity index is 2.10. The number of halogens is 1. The van der Waals surface area contributed by atoms with Crippen molar-refractivity contribution in [2.24, 2.45) is 5.73 Å². The van der Waals surface area contributed by atoms with Gasteiger partial charge in [-0.1, -0.05) is 12.1 Å². The van der Waals surface area contributed by atoms with E-state index in [0.29, 0.717) is 0 Å². The van der Waals surface area contributed by atoms with E-state index in [1.54, 1.807) is 0 Å². The van der Waals surface area contributed by atoms with Crippen molar-refractivity contribution in [3.8, 4) is 11.3 Å². The first kappa shape index (κ1) is 12.6. The van der Waals surface area contributed by atoms with E-state index in [0.717, 1.165) is 24.4 Å². The van der Waals surface area contributed by atoms with Gasteiger partial charge < -0.3 is 10.7 Å². The Morgan fingerprint density at radius 3 is 2.71 bits per heavy atom. The number of nitrogens with one attached hydrogen (secondary N) is 1. The third-order valence-electron chi connectivity index (χ3n) is 2.62. The maximum Gasteiger partial charge on any atom is 0.106 e. The fraction of sp³-hybridized carbons (Fsp3) is 0.308. The second kappa shape index (κ2) is 5.64.